The molecule has 8 aromatic carbocycles. The van der Waals surface area contributed by atoms with Gasteiger partial charge in [0, 0.05) is 37.3 Å². The molecule has 0 N–H and O–H groups in total. The van der Waals surface area contributed by atoms with Gasteiger partial charge in [0.1, 0.15) is 5.69 Å². The predicted octanol–water partition coefficient (Wildman–Crippen LogP) is 13.6. The summed E-state index contributed by atoms with van der Waals surface area (Å²) in [6.07, 6.45) is 0. The van der Waals surface area contributed by atoms with Crippen molar-refractivity contribution >= 4 is 72.4 Å². The van der Waals surface area contributed by atoms with Gasteiger partial charge in [0.15, 0.2) is 11.5 Å². The average Bonchev–Trinajstić information content (AvgIpc) is 3.73. The third kappa shape index (κ3) is 4.08. The Labute approximate surface area is 309 Å². The van der Waals surface area contributed by atoms with Crippen LogP contribution < -0.4 is 9.64 Å². The Morgan fingerprint density at radius 3 is 1.77 bits per heavy atom. The van der Waals surface area contributed by atoms with Crippen molar-refractivity contribution in [1.29, 1.82) is 0 Å². The first-order valence-electron chi connectivity index (χ1n) is 17.9. The second kappa shape index (κ2) is 10.9. The molecule has 5 heteroatoms. The normalized spacial score (nSPS) is 12.9. The molecule has 2 aliphatic heterocycles. The average molecular weight is 696 g/mol. The molecule has 4 nitrogen and oxygen atoms in total. The van der Waals surface area contributed by atoms with Gasteiger partial charge in [0.25, 0.3) is 0 Å². The van der Waals surface area contributed by atoms with E-state index in [-0.39, 0.29) is 0 Å². The summed E-state index contributed by atoms with van der Waals surface area (Å²) in [5, 5.41) is 4.76. The minimum Gasteiger partial charge on any atom is -0.452 e. The van der Waals surface area contributed by atoms with Gasteiger partial charge in [-0.25, -0.2) is 0 Å². The van der Waals surface area contributed by atoms with Crippen LogP contribution in [0.5, 0.6) is 11.5 Å². The third-order valence-corrected chi connectivity index (χ3v) is 11.9. The minimum absolute atomic E-state index is 0.858. The molecule has 0 spiro atoms. The number of anilines is 3. The molecule has 4 heterocycles. The molecule has 0 amide bonds. The fourth-order valence-electron chi connectivity index (χ4n) is 8.60. The summed E-state index contributed by atoms with van der Waals surface area (Å²) >= 11 is 1.82. The summed E-state index contributed by atoms with van der Waals surface area (Å²) in [5.74, 6) is 1.76. The van der Waals surface area contributed by atoms with Crippen LogP contribution in [0.3, 0.4) is 0 Å². The highest BCUT2D eigenvalue weighted by molar-refractivity contribution is 7.99. The Morgan fingerprint density at radius 1 is 0.415 bits per heavy atom. The molecule has 0 aliphatic carbocycles. The third-order valence-electron chi connectivity index (χ3n) is 10.8. The van der Waals surface area contributed by atoms with Crippen LogP contribution in [-0.2, 0) is 0 Å². The smallest absolute Gasteiger partial charge is 0.162 e. The molecular formula is C48H29N3OS. The van der Waals surface area contributed by atoms with Gasteiger partial charge in [-0.05, 0) is 96.1 Å². The van der Waals surface area contributed by atoms with Crippen molar-refractivity contribution in [2.24, 2.45) is 0 Å². The number of fused-ring (bicyclic) bond motifs is 11. The van der Waals surface area contributed by atoms with Gasteiger partial charge in [-0.2, -0.15) is 0 Å². The van der Waals surface area contributed by atoms with Gasteiger partial charge >= 0.3 is 0 Å². The molecule has 0 fully saturated rings. The van der Waals surface area contributed by atoms with Crippen molar-refractivity contribution in [2.45, 2.75) is 9.79 Å². The van der Waals surface area contributed by atoms with Gasteiger partial charge in [0.2, 0.25) is 0 Å². The number of nitrogens with zero attached hydrogens (tertiary/aromatic N) is 3. The van der Waals surface area contributed by atoms with E-state index >= 15 is 0 Å². The fourth-order valence-corrected chi connectivity index (χ4v) is 9.69. The Hall–Kier alpha value is -6.69. The number of ether oxygens (including phenoxy) is 1. The van der Waals surface area contributed by atoms with Crippen molar-refractivity contribution in [3.8, 4) is 34.0 Å². The zero-order chi connectivity index (χ0) is 34.6. The van der Waals surface area contributed by atoms with Crippen LogP contribution in [0.25, 0.3) is 66.1 Å². The Bertz CT molecular complexity index is 3110. The van der Waals surface area contributed by atoms with E-state index in [0.717, 1.165) is 56.1 Å². The van der Waals surface area contributed by atoms with Crippen molar-refractivity contribution in [3.63, 3.8) is 0 Å². The van der Waals surface area contributed by atoms with Crippen molar-refractivity contribution < 1.29 is 4.74 Å². The molecule has 0 bridgehead atoms. The predicted molar refractivity (Wildman–Crippen MR) is 219 cm³/mol. The van der Waals surface area contributed by atoms with Crippen LogP contribution in [0, 0.1) is 0 Å². The zero-order valence-corrected chi connectivity index (χ0v) is 29.2. The molecule has 0 unspecified atom stereocenters. The Kier molecular flexibility index (Phi) is 5.96. The summed E-state index contributed by atoms with van der Waals surface area (Å²) in [5.41, 5.74) is 12.7. The molecule has 0 atom stereocenters. The maximum atomic E-state index is 7.03. The lowest BCUT2D eigenvalue weighted by Crippen LogP contribution is -2.19. The van der Waals surface area contributed by atoms with Crippen molar-refractivity contribution in [2.75, 3.05) is 4.90 Å². The molecule has 0 saturated carbocycles. The van der Waals surface area contributed by atoms with Crippen molar-refractivity contribution in [3.05, 3.63) is 176 Å². The molecule has 0 saturated heterocycles. The van der Waals surface area contributed by atoms with E-state index < -0.39 is 0 Å². The number of benzene rings is 8. The molecule has 2 aliphatic rings. The van der Waals surface area contributed by atoms with Gasteiger partial charge in [0.05, 0.1) is 38.8 Å². The number of para-hydroxylation sites is 6. The van der Waals surface area contributed by atoms with E-state index in [9.17, 15) is 0 Å². The summed E-state index contributed by atoms with van der Waals surface area (Å²) in [7, 11) is 0. The van der Waals surface area contributed by atoms with Crippen LogP contribution in [0.1, 0.15) is 0 Å². The summed E-state index contributed by atoms with van der Waals surface area (Å²) in [4.78, 5) is 4.82. The van der Waals surface area contributed by atoms with E-state index in [1.165, 1.54) is 48.4 Å². The topological polar surface area (TPSA) is 22.3 Å². The maximum Gasteiger partial charge on any atom is 0.162 e. The van der Waals surface area contributed by atoms with E-state index in [1.807, 2.05) is 11.8 Å². The highest BCUT2D eigenvalue weighted by Gasteiger charge is 2.36. The molecular weight excluding hydrogens is 667 g/mol. The molecule has 248 valence electrons. The van der Waals surface area contributed by atoms with E-state index in [0.29, 0.717) is 0 Å². The van der Waals surface area contributed by atoms with E-state index in [1.54, 1.807) is 0 Å². The van der Waals surface area contributed by atoms with Crippen LogP contribution in [0.15, 0.2) is 186 Å². The summed E-state index contributed by atoms with van der Waals surface area (Å²) in [6.45, 7) is 0. The fraction of sp³-hybridized carbons (Fsp3) is 0. The standard InChI is InChI=1S/C48H29N3OS/c1-3-13-32(14-4-1)49-37-18-8-7-17-34(37)35-27-30(23-25-38(35)49)31-24-26-39-36(28-31)46-42(50(39)33-15-5-2-6-16-33)29-45-47-48(46)52-43-21-11-9-19-40(43)51(47)41-20-10-12-22-44(41)53-45/h1-29H. The van der Waals surface area contributed by atoms with E-state index in [4.69, 9.17) is 4.74 Å². The SMILES string of the molecule is c1ccc(-n2c3ccccc3c3cc(-c4ccc5c(c4)c4c6c7c(cc4n5-c4ccccc4)Sc4ccccc4N7c4ccccc4O6)ccc32)cc1. The first-order valence-corrected chi connectivity index (χ1v) is 18.8. The number of rotatable bonds is 3. The quantitative estimate of drug-likeness (QED) is 0.184. The number of hydrogen-bond donors (Lipinski definition) is 0. The lowest BCUT2D eigenvalue weighted by molar-refractivity contribution is 0.481. The van der Waals surface area contributed by atoms with Gasteiger partial charge in [-0.15, -0.1) is 0 Å². The molecule has 2 aromatic heterocycles. The molecule has 53 heavy (non-hydrogen) atoms. The summed E-state index contributed by atoms with van der Waals surface area (Å²) in [6, 6.07) is 63.4. The van der Waals surface area contributed by atoms with E-state index in [2.05, 4.69) is 190 Å². The van der Waals surface area contributed by atoms with Crippen LogP contribution >= 0.6 is 11.8 Å². The first kappa shape index (κ1) is 28.9. The zero-order valence-electron chi connectivity index (χ0n) is 28.4. The second-order valence-corrected chi connectivity index (χ2v) is 14.8. The van der Waals surface area contributed by atoms with Crippen molar-refractivity contribution in [1.82, 2.24) is 9.13 Å². The van der Waals surface area contributed by atoms with Crippen LogP contribution in [0.2, 0.25) is 0 Å². The minimum atomic E-state index is 0.858. The molecule has 10 aromatic rings. The monoisotopic (exact) mass is 695 g/mol. The highest BCUT2D eigenvalue weighted by atomic mass is 32.2. The highest BCUT2D eigenvalue weighted by Crippen LogP contribution is 2.62. The van der Waals surface area contributed by atoms with Crippen LogP contribution in [0.4, 0.5) is 17.1 Å². The lowest BCUT2D eigenvalue weighted by atomic mass is 9.99. The number of hydrogen-bond acceptors (Lipinski definition) is 3. The Morgan fingerprint density at radius 2 is 1.00 bits per heavy atom. The summed E-state index contributed by atoms with van der Waals surface area (Å²) < 4.78 is 11.8. The Balaban J connectivity index is 1.14. The molecule has 12 rings (SSSR count). The van der Waals surface area contributed by atoms with Gasteiger partial charge < -0.3 is 18.8 Å². The maximum absolute atomic E-state index is 7.03. The largest absolute Gasteiger partial charge is 0.452 e. The first-order chi connectivity index (χ1) is 26.3. The second-order valence-electron chi connectivity index (χ2n) is 13.7. The van der Waals surface area contributed by atoms with Gasteiger partial charge in [-0.3, -0.25) is 0 Å². The van der Waals surface area contributed by atoms with Gasteiger partial charge in [-0.1, -0.05) is 103 Å². The lowest BCUT2D eigenvalue weighted by Gasteiger charge is -2.38. The molecule has 0 radical (unpaired) electrons. The number of aromatic nitrogens is 2. The van der Waals surface area contributed by atoms with Crippen LogP contribution in [-0.4, -0.2) is 9.13 Å².